The van der Waals surface area contributed by atoms with Crippen LogP contribution in [0.5, 0.6) is 11.5 Å². The number of ether oxygens (including phenoxy) is 1. The number of aromatic hydroxyl groups is 1. The third-order valence-corrected chi connectivity index (χ3v) is 12.2. The Hall–Kier alpha value is -6.54. The first-order valence-corrected chi connectivity index (χ1v) is 19.2. The number of ketones is 2. The highest BCUT2D eigenvalue weighted by Crippen LogP contribution is 2.64. The molecule has 0 unspecified atom stereocenters. The molecule has 4 aliphatic rings. The van der Waals surface area contributed by atoms with E-state index in [1.807, 2.05) is 116 Å². The van der Waals surface area contributed by atoms with Crippen molar-refractivity contribution in [3.8, 4) is 11.5 Å². The number of fused-ring (bicyclic) bond motifs is 4. The second-order valence-electron chi connectivity index (χ2n) is 15.0. The largest absolute Gasteiger partial charge is 0.504 e. The van der Waals surface area contributed by atoms with E-state index in [0.717, 1.165) is 16.9 Å². The van der Waals surface area contributed by atoms with Gasteiger partial charge in [-0.1, -0.05) is 96.6 Å². The van der Waals surface area contributed by atoms with Crippen molar-refractivity contribution in [1.82, 2.24) is 0 Å². The Morgan fingerprint density at radius 1 is 0.768 bits per heavy atom. The molecule has 0 radical (unpaired) electrons. The molecule has 1 heterocycles. The van der Waals surface area contributed by atoms with Gasteiger partial charge in [-0.15, -0.1) is 0 Å². The van der Waals surface area contributed by atoms with Crippen molar-refractivity contribution in [2.45, 2.75) is 31.1 Å². The van der Waals surface area contributed by atoms with Gasteiger partial charge in [0.25, 0.3) is 0 Å². The Balaban J connectivity index is 1.18. The lowest BCUT2D eigenvalue weighted by atomic mass is 9.44. The molecule has 5 aromatic carbocycles. The van der Waals surface area contributed by atoms with Crippen LogP contribution in [0.4, 0.5) is 17.1 Å². The maximum atomic E-state index is 15.3. The topological polar surface area (TPSA) is 113 Å². The lowest BCUT2D eigenvalue weighted by Crippen LogP contribution is -2.58. The second-order valence-corrected chi connectivity index (χ2v) is 15.0. The number of para-hydroxylation sites is 1. The monoisotopic (exact) mass is 740 g/mol. The fourth-order valence-electron chi connectivity index (χ4n) is 9.87. The summed E-state index contributed by atoms with van der Waals surface area (Å²) in [5, 5.41) is 14.2. The van der Waals surface area contributed by atoms with Crippen molar-refractivity contribution in [2.24, 2.45) is 23.7 Å². The maximum absolute atomic E-state index is 15.3. The number of imide groups is 1. The summed E-state index contributed by atoms with van der Waals surface area (Å²) in [5.74, 6) is -4.19. The van der Waals surface area contributed by atoms with E-state index in [-0.39, 0.29) is 41.3 Å². The van der Waals surface area contributed by atoms with Gasteiger partial charge in [0.1, 0.15) is 0 Å². The summed E-state index contributed by atoms with van der Waals surface area (Å²) in [4.78, 5) is 60.9. The summed E-state index contributed by atoms with van der Waals surface area (Å²) in [6, 6.07) is 40.8. The fourth-order valence-corrected chi connectivity index (χ4v) is 9.87. The molecule has 0 bridgehead atoms. The highest BCUT2D eigenvalue weighted by atomic mass is 16.5. The molecule has 5 aromatic rings. The summed E-state index contributed by atoms with van der Waals surface area (Å²) in [6.45, 7) is 2.13. The van der Waals surface area contributed by atoms with E-state index in [1.165, 1.54) is 11.0 Å². The number of phenolic OH excluding ortho intramolecular Hbond substituents is 1. The number of amides is 2. The molecule has 2 amide bonds. The number of hydrogen-bond donors (Lipinski definition) is 2. The van der Waals surface area contributed by atoms with Gasteiger partial charge in [0, 0.05) is 28.8 Å². The van der Waals surface area contributed by atoms with Crippen LogP contribution in [0.2, 0.25) is 0 Å². The van der Waals surface area contributed by atoms with Gasteiger partial charge in [-0.05, 0) is 97.0 Å². The van der Waals surface area contributed by atoms with Crippen molar-refractivity contribution in [3.63, 3.8) is 0 Å². The summed E-state index contributed by atoms with van der Waals surface area (Å²) in [5.41, 5.74) is 4.06. The maximum Gasteiger partial charge on any atom is 0.238 e. The Labute approximate surface area is 325 Å². The molecular formula is C48H40N2O6. The zero-order valence-electron chi connectivity index (χ0n) is 30.8. The quantitative estimate of drug-likeness (QED) is 0.121. The van der Waals surface area contributed by atoms with Gasteiger partial charge in [-0.25, -0.2) is 0 Å². The van der Waals surface area contributed by atoms with Crippen LogP contribution in [0, 0.1) is 23.7 Å². The predicted octanol–water partition coefficient (Wildman–Crippen LogP) is 8.56. The van der Waals surface area contributed by atoms with Gasteiger partial charge in [-0.2, -0.15) is 0 Å². The van der Waals surface area contributed by atoms with Crippen LogP contribution >= 0.6 is 0 Å². The average molecular weight is 741 g/mol. The molecule has 0 aromatic heterocycles. The van der Waals surface area contributed by atoms with E-state index in [0.29, 0.717) is 41.0 Å². The lowest BCUT2D eigenvalue weighted by Gasteiger charge is -2.55. The Morgan fingerprint density at radius 2 is 1.43 bits per heavy atom. The molecule has 1 aliphatic heterocycles. The van der Waals surface area contributed by atoms with Gasteiger partial charge in [0.15, 0.2) is 23.1 Å². The highest BCUT2D eigenvalue weighted by Gasteiger charge is 2.66. The van der Waals surface area contributed by atoms with Gasteiger partial charge in [0.05, 0.1) is 29.5 Å². The van der Waals surface area contributed by atoms with Crippen LogP contribution in [0.25, 0.3) is 5.57 Å². The first kappa shape index (κ1) is 35.2. The van der Waals surface area contributed by atoms with Crippen LogP contribution in [0.1, 0.15) is 42.4 Å². The number of carbonyl (C=O) groups is 4. The van der Waals surface area contributed by atoms with Crippen LogP contribution in [-0.4, -0.2) is 35.1 Å². The normalized spacial score (nSPS) is 25.4. The molecule has 2 fully saturated rings. The van der Waals surface area contributed by atoms with Gasteiger partial charge in [0.2, 0.25) is 11.8 Å². The second kappa shape index (κ2) is 13.9. The molecule has 278 valence electrons. The van der Waals surface area contributed by atoms with E-state index in [1.54, 1.807) is 30.3 Å². The van der Waals surface area contributed by atoms with E-state index in [4.69, 9.17) is 4.74 Å². The summed E-state index contributed by atoms with van der Waals surface area (Å²) in [6.07, 6.45) is 4.06. The molecule has 1 saturated heterocycles. The summed E-state index contributed by atoms with van der Waals surface area (Å²) in [7, 11) is 0. The highest BCUT2D eigenvalue weighted by molar-refractivity contribution is 6.32. The average Bonchev–Trinajstić information content (AvgIpc) is 3.49. The van der Waals surface area contributed by atoms with Gasteiger partial charge < -0.3 is 15.2 Å². The number of phenols is 1. The number of Topliss-reactive ketones (excluding diaryl/α,β-unsaturated/α-hetero) is 1. The number of benzene rings is 5. The van der Waals surface area contributed by atoms with E-state index in [9.17, 15) is 14.7 Å². The molecular weight excluding hydrogens is 701 g/mol. The molecule has 2 N–H and O–H groups in total. The van der Waals surface area contributed by atoms with Crippen LogP contribution in [0.3, 0.4) is 0 Å². The predicted molar refractivity (Wildman–Crippen MR) is 215 cm³/mol. The van der Waals surface area contributed by atoms with E-state index >= 15 is 9.59 Å². The van der Waals surface area contributed by atoms with Crippen molar-refractivity contribution in [1.29, 1.82) is 0 Å². The molecule has 3 aliphatic carbocycles. The minimum absolute atomic E-state index is 0.0412. The van der Waals surface area contributed by atoms with Crippen LogP contribution in [-0.2, 0) is 24.6 Å². The number of allylic oxidation sites excluding steroid dienone is 4. The smallest absolute Gasteiger partial charge is 0.238 e. The van der Waals surface area contributed by atoms with Crippen molar-refractivity contribution in [2.75, 3.05) is 16.8 Å². The number of rotatable bonds is 8. The molecule has 8 nitrogen and oxygen atoms in total. The zero-order valence-corrected chi connectivity index (χ0v) is 30.8. The number of carbonyl (C=O) groups excluding carboxylic acids is 4. The van der Waals surface area contributed by atoms with E-state index < -0.39 is 35.0 Å². The van der Waals surface area contributed by atoms with Crippen molar-refractivity contribution in [3.05, 3.63) is 168 Å². The molecule has 8 heteroatoms. The fraction of sp³-hybridized carbons (Fsp3) is 0.208. The first-order valence-electron chi connectivity index (χ1n) is 19.2. The summed E-state index contributed by atoms with van der Waals surface area (Å²) < 4.78 is 5.86. The molecule has 6 atom stereocenters. The van der Waals surface area contributed by atoms with Crippen molar-refractivity contribution < 1.29 is 29.0 Å². The van der Waals surface area contributed by atoms with Crippen molar-refractivity contribution >= 4 is 46.0 Å². The van der Waals surface area contributed by atoms with E-state index in [2.05, 4.69) is 5.32 Å². The first-order chi connectivity index (χ1) is 27.3. The Bertz CT molecular complexity index is 2420. The SMILES string of the molecule is CCOc1cc([C@H]2C3=CC[C@@H]4C(=O)N(c5ccc(Nc6ccccc6)cc5)C(=O)[C@@H]4[C@@H]3C[C@H]3C(=O)C(c4ccccc4)=CC(=O)[C@@]23c2ccccc2)ccc1O. The standard InChI is InChI=1S/C48H40N2O6/c1-2-56-41-26-30(18-25-40(41)51)44-35-23-24-36-43(47(55)50(46(36)54)34-21-19-33(20-22-34)49-32-16-10-5-11-17-32)38(35)27-39-45(53)37(29-12-6-3-7-13-29)28-42(52)48(39,44)31-14-8-4-9-15-31/h3-23,25-26,28,36,38-39,43-44,49,51H,2,24,27H2,1H3/t36-,38+,39-,43-,44-,48-/m0/s1. The minimum Gasteiger partial charge on any atom is -0.504 e. The van der Waals surface area contributed by atoms with Crippen LogP contribution in [0.15, 0.2) is 151 Å². The number of nitrogens with one attached hydrogen (secondary N) is 1. The lowest BCUT2D eigenvalue weighted by molar-refractivity contribution is -0.135. The third kappa shape index (κ3) is 5.50. The number of hydrogen-bond acceptors (Lipinski definition) is 7. The summed E-state index contributed by atoms with van der Waals surface area (Å²) >= 11 is 0. The number of anilines is 3. The molecule has 1 saturated carbocycles. The molecule has 9 rings (SSSR count). The number of nitrogens with zero attached hydrogens (tertiary/aromatic N) is 1. The van der Waals surface area contributed by atoms with Crippen LogP contribution < -0.4 is 15.0 Å². The Morgan fingerprint density at radius 3 is 2.12 bits per heavy atom. The molecule has 56 heavy (non-hydrogen) atoms. The van der Waals surface area contributed by atoms with Gasteiger partial charge in [-0.3, -0.25) is 24.1 Å². The minimum atomic E-state index is -1.38. The van der Waals surface area contributed by atoms with Gasteiger partial charge >= 0.3 is 0 Å². The Kier molecular flexibility index (Phi) is 8.76. The third-order valence-electron chi connectivity index (χ3n) is 12.2. The zero-order chi connectivity index (χ0) is 38.6. The molecule has 0 spiro atoms.